The van der Waals surface area contributed by atoms with Crippen LogP contribution < -0.4 is 21.0 Å². The lowest BCUT2D eigenvalue weighted by Gasteiger charge is -2.42. The fraction of sp³-hybridized carbons (Fsp3) is 0.280. The number of fused-ring (bicyclic) bond motifs is 3. The van der Waals surface area contributed by atoms with Crippen LogP contribution in [0.4, 0.5) is 17.1 Å². The minimum absolute atomic E-state index is 0.0217. The van der Waals surface area contributed by atoms with Crippen molar-refractivity contribution >= 4 is 51.9 Å². The molecule has 4 aliphatic rings. The molecule has 3 heterocycles. The third-order valence-electron chi connectivity index (χ3n) is 6.72. The number of methoxy groups -OCH3 is 1. The molecule has 2 aromatic carbocycles. The maximum absolute atomic E-state index is 5.63. The number of hydrazone groups is 1. The lowest BCUT2D eigenvalue weighted by Crippen LogP contribution is -2.65. The van der Waals surface area contributed by atoms with Gasteiger partial charge in [-0.25, -0.2) is 5.01 Å². The Kier molecular flexibility index (Phi) is 5.07. The molecule has 0 aromatic heterocycles. The van der Waals surface area contributed by atoms with Gasteiger partial charge in [0.1, 0.15) is 11.9 Å². The molecule has 6 rings (SSSR count). The number of benzene rings is 2. The molecule has 1 saturated heterocycles. The van der Waals surface area contributed by atoms with Gasteiger partial charge in [-0.1, -0.05) is 30.0 Å². The molecular formula is C25H25N5OS2. The Hall–Kier alpha value is -2.97. The van der Waals surface area contributed by atoms with Crippen molar-refractivity contribution in [3.05, 3.63) is 66.5 Å². The van der Waals surface area contributed by atoms with E-state index in [0.717, 1.165) is 35.0 Å². The molecule has 6 nitrogen and oxygen atoms in total. The van der Waals surface area contributed by atoms with Gasteiger partial charge >= 0.3 is 0 Å². The summed E-state index contributed by atoms with van der Waals surface area (Å²) in [6.07, 6.45) is 7.33. The Morgan fingerprint density at radius 2 is 1.97 bits per heavy atom. The highest BCUT2D eigenvalue weighted by Crippen LogP contribution is 2.46. The quantitative estimate of drug-likeness (QED) is 0.462. The Labute approximate surface area is 203 Å². The van der Waals surface area contributed by atoms with Gasteiger partial charge in [0.25, 0.3) is 0 Å². The summed E-state index contributed by atoms with van der Waals surface area (Å²) in [6.45, 7) is 2.12. The molecule has 0 amide bonds. The fourth-order valence-corrected chi connectivity index (χ4v) is 6.33. The van der Waals surface area contributed by atoms with Gasteiger partial charge in [-0.3, -0.25) is 0 Å². The number of nitrogens with zero attached hydrogens (tertiary/aromatic N) is 2. The molecule has 3 N–H and O–H groups in total. The van der Waals surface area contributed by atoms with Gasteiger partial charge in [0.05, 0.1) is 30.1 Å². The number of anilines is 3. The molecule has 33 heavy (non-hydrogen) atoms. The average Bonchev–Trinajstić information content (AvgIpc) is 3.18. The van der Waals surface area contributed by atoms with Crippen molar-refractivity contribution in [1.29, 1.82) is 0 Å². The van der Waals surface area contributed by atoms with Gasteiger partial charge in [0.15, 0.2) is 5.11 Å². The van der Waals surface area contributed by atoms with Crippen LogP contribution in [0.1, 0.15) is 13.3 Å². The minimum Gasteiger partial charge on any atom is -0.497 e. The van der Waals surface area contributed by atoms with Crippen LogP contribution >= 0.6 is 24.0 Å². The minimum atomic E-state index is -0.0217. The second-order valence-electron chi connectivity index (χ2n) is 8.67. The van der Waals surface area contributed by atoms with E-state index in [0.29, 0.717) is 11.0 Å². The van der Waals surface area contributed by atoms with Crippen molar-refractivity contribution in [1.82, 2.24) is 10.6 Å². The van der Waals surface area contributed by atoms with E-state index >= 15 is 0 Å². The maximum atomic E-state index is 5.63. The topological polar surface area (TPSA) is 60.9 Å². The lowest BCUT2D eigenvalue weighted by molar-refractivity contribution is 0.285. The predicted octanol–water partition coefficient (Wildman–Crippen LogP) is 4.99. The normalized spacial score (nSPS) is 27.2. The molecule has 4 unspecified atom stereocenters. The van der Waals surface area contributed by atoms with Crippen LogP contribution in [0.5, 0.6) is 0 Å². The number of hydrogen-bond donors (Lipinski definition) is 3. The number of nitrogens with one attached hydrogen (secondary N) is 3. The van der Waals surface area contributed by atoms with Crippen LogP contribution in [0.25, 0.3) is 0 Å². The summed E-state index contributed by atoms with van der Waals surface area (Å²) in [5.41, 5.74) is 4.39. The summed E-state index contributed by atoms with van der Waals surface area (Å²) in [5.74, 6) is 1.43. The molecule has 0 radical (unpaired) electrons. The average molecular weight is 476 g/mol. The monoisotopic (exact) mass is 475 g/mol. The van der Waals surface area contributed by atoms with Crippen molar-refractivity contribution in [3.8, 4) is 0 Å². The van der Waals surface area contributed by atoms with E-state index in [1.165, 1.54) is 9.79 Å². The number of para-hydroxylation sites is 1. The van der Waals surface area contributed by atoms with Crippen LogP contribution in [0.3, 0.4) is 0 Å². The number of rotatable bonds is 3. The van der Waals surface area contributed by atoms with Crippen LogP contribution in [-0.2, 0) is 4.74 Å². The number of thiocarbonyl (C=S) groups is 1. The van der Waals surface area contributed by atoms with E-state index in [2.05, 4.69) is 88.6 Å². The molecule has 0 bridgehead atoms. The Morgan fingerprint density at radius 1 is 1.12 bits per heavy atom. The second-order valence-corrected chi connectivity index (χ2v) is 10.2. The van der Waals surface area contributed by atoms with Gasteiger partial charge in [0.2, 0.25) is 0 Å². The van der Waals surface area contributed by atoms with Crippen LogP contribution in [0.15, 0.2) is 81.3 Å². The molecule has 0 saturated carbocycles. The predicted molar refractivity (Wildman–Crippen MR) is 138 cm³/mol. The summed E-state index contributed by atoms with van der Waals surface area (Å²) < 4.78 is 5.37. The van der Waals surface area contributed by atoms with Crippen molar-refractivity contribution in [2.45, 2.75) is 35.3 Å². The Balaban J connectivity index is 1.29. The summed E-state index contributed by atoms with van der Waals surface area (Å²) >= 11 is 7.42. The zero-order valence-corrected chi connectivity index (χ0v) is 20.0. The first-order valence-electron chi connectivity index (χ1n) is 11.1. The number of hydrogen-bond acceptors (Lipinski definition) is 6. The van der Waals surface area contributed by atoms with E-state index in [4.69, 9.17) is 22.1 Å². The summed E-state index contributed by atoms with van der Waals surface area (Å²) in [6, 6.07) is 15.1. The molecule has 3 aliphatic heterocycles. The molecule has 2 aromatic rings. The first-order chi connectivity index (χ1) is 16.1. The second kappa shape index (κ2) is 8.11. The number of allylic oxidation sites excluding steroid dienone is 2. The molecule has 0 spiro atoms. The largest absolute Gasteiger partial charge is 0.497 e. The number of ether oxygens (including phenoxy) is 1. The standard InChI is InChI=1S/C25H25N5OS2/c1-14-22-23(15-7-10-17(31-2)11-8-15)27-25(32)28-24(22)30(29-14)16-9-12-21-19(13-16)26-18-5-3-4-6-20(18)33-21/h3-7,9-13,15,22-24,26H,8H2,1-2H3,(H2,27,28,32). The third-order valence-corrected chi connectivity index (χ3v) is 8.10. The molecule has 8 heteroatoms. The highest BCUT2D eigenvalue weighted by molar-refractivity contribution is 7.99. The SMILES string of the molecule is COC1=CCC(C2NC(=S)NC3C2C(C)=NN3c2ccc3c(c2)Nc2ccccc2S3)C=C1. The fourth-order valence-electron chi connectivity index (χ4n) is 5.10. The Morgan fingerprint density at radius 3 is 2.79 bits per heavy atom. The van der Waals surface area contributed by atoms with Gasteiger partial charge < -0.3 is 20.7 Å². The smallest absolute Gasteiger partial charge is 0.168 e. The highest BCUT2D eigenvalue weighted by atomic mass is 32.2. The van der Waals surface area contributed by atoms with Gasteiger partial charge in [-0.2, -0.15) is 5.10 Å². The van der Waals surface area contributed by atoms with Gasteiger partial charge in [0, 0.05) is 27.5 Å². The Bertz CT molecular complexity index is 1220. The molecule has 1 aliphatic carbocycles. The first-order valence-corrected chi connectivity index (χ1v) is 12.3. The summed E-state index contributed by atoms with van der Waals surface area (Å²) in [7, 11) is 1.71. The van der Waals surface area contributed by atoms with Crippen molar-refractivity contribution in [3.63, 3.8) is 0 Å². The third kappa shape index (κ3) is 3.57. The summed E-state index contributed by atoms with van der Waals surface area (Å²) in [4.78, 5) is 2.46. The van der Waals surface area contributed by atoms with E-state index in [1.54, 1.807) is 18.9 Å². The van der Waals surface area contributed by atoms with E-state index in [9.17, 15) is 0 Å². The van der Waals surface area contributed by atoms with Crippen LogP contribution in [0, 0.1) is 11.8 Å². The molecule has 4 atom stereocenters. The van der Waals surface area contributed by atoms with E-state index in [1.807, 2.05) is 0 Å². The van der Waals surface area contributed by atoms with E-state index < -0.39 is 0 Å². The van der Waals surface area contributed by atoms with Gasteiger partial charge in [-0.05, 0) is 68.0 Å². The maximum Gasteiger partial charge on any atom is 0.168 e. The van der Waals surface area contributed by atoms with Crippen LogP contribution in [0.2, 0.25) is 0 Å². The van der Waals surface area contributed by atoms with Crippen molar-refractivity contribution in [2.24, 2.45) is 16.9 Å². The van der Waals surface area contributed by atoms with Crippen LogP contribution in [-0.4, -0.2) is 30.1 Å². The zero-order chi connectivity index (χ0) is 22.5. The lowest BCUT2D eigenvalue weighted by atomic mass is 9.79. The summed E-state index contributed by atoms with van der Waals surface area (Å²) in [5, 5.41) is 18.4. The van der Waals surface area contributed by atoms with Gasteiger partial charge in [-0.15, -0.1) is 0 Å². The zero-order valence-electron chi connectivity index (χ0n) is 18.4. The molecule has 168 valence electrons. The molecule has 1 fully saturated rings. The first kappa shape index (κ1) is 20.6. The molecular weight excluding hydrogens is 450 g/mol. The van der Waals surface area contributed by atoms with E-state index in [-0.39, 0.29) is 18.1 Å². The van der Waals surface area contributed by atoms with Crippen molar-refractivity contribution in [2.75, 3.05) is 17.4 Å². The highest BCUT2D eigenvalue weighted by Gasteiger charge is 2.47. The van der Waals surface area contributed by atoms with Crippen molar-refractivity contribution < 1.29 is 4.74 Å².